The molecule has 0 spiro atoms. The van der Waals surface area contributed by atoms with Gasteiger partial charge in [0.1, 0.15) is 5.75 Å². The zero-order chi connectivity index (χ0) is 22.9. The molecule has 3 aromatic rings. The Labute approximate surface area is 186 Å². The monoisotopic (exact) mass is 465 g/mol. The first kappa shape index (κ1) is 22.1. The summed E-state index contributed by atoms with van der Waals surface area (Å²) >= 11 is 1.59. The van der Waals surface area contributed by atoms with E-state index >= 15 is 0 Å². The second-order valence-electron chi connectivity index (χ2n) is 7.74. The third-order valence-corrected chi connectivity index (χ3v) is 6.00. The van der Waals surface area contributed by atoms with E-state index in [4.69, 9.17) is 0 Å². The number of fused-ring (bicyclic) bond motifs is 1. The third-order valence-electron chi connectivity index (χ3n) is 5.10. The first-order valence-electron chi connectivity index (χ1n) is 9.99. The van der Waals surface area contributed by atoms with Crippen molar-refractivity contribution in [1.29, 1.82) is 0 Å². The molecular formula is C21H22F3N5O2S. The largest absolute Gasteiger partial charge is 0.573 e. The van der Waals surface area contributed by atoms with Crippen LogP contribution in [0.15, 0.2) is 35.7 Å². The number of anilines is 2. The number of benzene rings is 1. The van der Waals surface area contributed by atoms with E-state index in [1.54, 1.807) is 16.2 Å². The van der Waals surface area contributed by atoms with Crippen LogP contribution < -0.4 is 15.0 Å². The van der Waals surface area contributed by atoms with Crippen LogP contribution in [0.5, 0.6) is 5.75 Å². The Kier molecular flexibility index (Phi) is 6.09. The number of nitrogens with zero attached hydrogens (tertiary/aromatic N) is 4. The molecule has 1 aromatic carbocycles. The van der Waals surface area contributed by atoms with E-state index in [0.717, 1.165) is 22.5 Å². The Morgan fingerprint density at radius 1 is 1.25 bits per heavy atom. The van der Waals surface area contributed by atoms with Gasteiger partial charge in [-0.2, -0.15) is 4.98 Å². The number of alkyl halides is 3. The zero-order valence-electron chi connectivity index (χ0n) is 17.5. The van der Waals surface area contributed by atoms with Crippen LogP contribution in [0.25, 0.3) is 10.2 Å². The van der Waals surface area contributed by atoms with E-state index in [0.29, 0.717) is 24.6 Å². The van der Waals surface area contributed by atoms with Gasteiger partial charge in [-0.05, 0) is 35.6 Å². The predicted molar refractivity (Wildman–Crippen MR) is 117 cm³/mol. The molecule has 2 aromatic heterocycles. The lowest BCUT2D eigenvalue weighted by molar-refractivity contribution is -0.274. The van der Waals surface area contributed by atoms with E-state index in [2.05, 4.69) is 20.0 Å². The van der Waals surface area contributed by atoms with Crippen molar-refractivity contribution in [2.45, 2.75) is 25.2 Å². The number of rotatable bonds is 6. The fraction of sp³-hybridized carbons (Fsp3) is 0.381. The number of aromatic nitrogens is 2. The van der Waals surface area contributed by atoms with E-state index in [-0.39, 0.29) is 24.1 Å². The average Bonchev–Trinajstić information content (AvgIpc) is 3.37. The summed E-state index contributed by atoms with van der Waals surface area (Å²) in [6.07, 6.45) is -3.87. The third kappa shape index (κ3) is 5.21. The molecular weight excluding hydrogens is 443 g/mol. The van der Waals surface area contributed by atoms with E-state index in [1.165, 1.54) is 24.3 Å². The number of likely N-dealkylation sites (tertiary alicyclic amines) is 1. The number of hydrogen-bond acceptors (Lipinski definition) is 7. The molecule has 0 bridgehead atoms. The number of carbonyl (C=O) groups is 1. The topological polar surface area (TPSA) is 70.6 Å². The normalized spacial score (nSPS) is 16.4. The van der Waals surface area contributed by atoms with Crippen molar-refractivity contribution in [3.63, 3.8) is 0 Å². The van der Waals surface area contributed by atoms with Crippen molar-refractivity contribution in [3.8, 4) is 5.75 Å². The summed E-state index contributed by atoms with van der Waals surface area (Å²) in [5, 5.41) is 5.31. The van der Waals surface area contributed by atoms with Gasteiger partial charge in [0, 0.05) is 33.2 Å². The van der Waals surface area contributed by atoms with Crippen LogP contribution in [0, 0.1) is 0 Å². The second kappa shape index (κ2) is 8.81. The Bertz CT molecular complexity index is 1100. The van der Waals surface area contributed by atoms with Gasteiger partial charge in [0.25, 0.3) is 0 Å². The summed E-state index contributed by atoms with van der Waals surface area (Å²) in [7, 11) is 3.87. The smallest absolute Gasteiger partial charge is 0.406 e. The Hall–Kier alpha value is -3.08. The molecule has 170 valence electrons. The molecule has 1 atom stereocenters. The van der Waals surface area contributed by atoms with Crippen molar-refractivity contribution < 1.29 is 22.7 Å². The van der Waals surface area contributed by atoms with Crippen molar-refractivity contribution >= 4 is 39.2 Å². The van der Waals surface area contributed by atoms with Crippen molar-refractivity contribution in [1.82, 2.24) is 14.9 Å². The summed E-state index contributed by atoms with van der Waals surface area (Å²) in [5.74, 6) is 0.983. The van der Waals surface area contributed by atoms with Crippen LogP contribution in [-0.4, -0.2) is 60.4 Å². The fourth-order valence-electron chi connectivity index (χ4n) is 3.60. The maximum atomic E-state index is 12.7. The zero-order valence-corrected chi connectivity index (χ0v) is 18.3. The highest BCUT2D eigenvalue weighted by Gasteiger charge is 2.31. The maximum absolute atomic E-state index is 12.7. The standard InChI is InChI=1S/C21H22F3N5O2S/c1-28(2)19-18-16(8-10-32-18)26-20(27-19)25-14-7-9-29(12-14)17(30)11-13-3-5-15(6-4-13)31-21(22,23)24/h3-6,8,10,14H,7,9,11-12H2,1-2H3,(H,25,26,27). The van der Waals surface area contributed by atoms with E-state index < -0.39 is 6.36 Å². The van der Waals surface area contributed by atoms with Crippen molar-refractivity contribution in [2.75, 3.05) is 37.4 Å². The minimum absolute atomic E-state index is 0.0209. The first-order valence-corrected chi connectivity index (χ1v) is 10.9. The van der Waals surface area contributed by atoms with Crippen LogP contribution in [-0.2, 0) is 11.2 Å². The first-order chi connectivity index (χ1) is 15.2. The maximum Gasteiger partial charge on any atom is 0.573 e. The minimum atomic E-state index is -4.74. The molecule has 1 unspecified atom stereocenters. The summed E-state index contributed by atoms with van der Waals surface area (Å²) in [6, 6.07) is 7.34. The number of thiophene rings is 1. The van der Waals surface area contributed by atoms with Crippen molar-refractivity contribution in [2.24, 2.45) is 0 Å². The van der Waals surface area contributed by atoms with Crippen molar-refractivity contribution in [3.05, 3.63) is 41.3 Å². The number of nitrogens with one attached hydrogen (secondary N) is 1. The summed E-state index contributed by atoms with van der Waals surface area (Å²) in [5.41, 5.74) is 1.50. The molecule has 1 amide bonds. The van der Waals surface area contributed by atoms with Gasteiger partial charge in [0.2, 0.25) is 11.9 Å². The Morgan fingerprint density at radius 2 is 2.00 bits per heavy atom. The minimum Gasteiger partial charge on any atom is -0.406 e. The molecule has 1 N–H and O–H groups in total. The molecule has 4 rings (SSSR count). The van der Waals surface area contributed by atoms with Gasteiger partial charge >= 0.3 is 6.36 Å². The van der Waals surface area contributed by atoms with Crippen LogP contribution in [0.1, 0.15) is 12.0 Å². The molecule has 0 saturated carbocycles. The number of halogens is 3. The number of ether oxygens (including phenoxy) is 1. The van der Waals surface area contributed by atoms with Crippen LogP contribution in [0.4, 0.5) is 24.9 Å². The lowest BCUT2D eigenvalue weighted by Crippen LogP contribution is -2.33. The number of carbonyl (C=O) groups excluding carboxylic acids is 1. The summed E-state index contributed by atoms with van der Waals surface area (Å²) in [6.45, 7) is 1.10. The van der Waals surface area contributed by atoms with E-state index in [9.17, 15) is 18.0 Å². The molecule has 7 nitrogen and oxygen atoms in total. The molecule has 1 aliphatic rings. The van der Waals surface area contributed by atoms with Gasteiger partial charge in [0.15, 0.2) is 5.82 Å². The highest BCUT2D eigenvalue weighted by Crippen LogP contribution is 2.29. The van der Waals surface area contributed by atoms with E-state index in [1.807, 2.05) is 30.4 Å². The van der Waals surface area contributed by atoms with Crippen LogP contribution >= 0.6 is 11.3 Å². The van der Waals surface area contributed by atoms with Gasteiger partial charge in [-0.15, -0.1) is 24.5 Å². The van der Waals surface area contributed by atoms with Crippen LogP contribution in [0.2, 0.25) is 0 Å². The molecule has 1 aliphatic heterocycles. The fourth-order valence-corrected chi connectivity index (χ4v) is 4.50. The lowest BCUT2D eigenvalue weighted by Gasteiger charge is -2.18. The molecule has 1 fully saturated rings. The molecule has 1 saturated heterocycles. The highest BCUT2D eigenvalue weighted by molar-refractivity contribution is 7.17. The van der Waals surface area contributed by atoms with Gasteiger partial charge < -0.3 is 19.9 Å². The predicted octanol–water partition coefficient (Wildman–Crippen LogP) is 3.91. The second-order valence-corrected chi connectivity index (χ2v) is 8.65. The number of hydrogen-bond donors (Lipinski definition) is 1. The van der Waals surface area contributed by atoms with Gasteiger partial charge in [-0.3, -0.25) is 4.79 Å². The Balaban J connectivity index is 1.35. The van der Waals surface area contributed by atoms with Gasteiger partial charge in [-0.25, -0.2) is 4.98 Å². The van der Waals surface area contributed by atoms with Gasteiger partial charge in [0.05, 0.1) is 16.6 Å². The molecule has 32 heavy (non-hydrogen) atoms. The highest BCUT2D eigenvalue weighted by atomic mass is 32.1. The molecule has 0 radical (unpaired) electrons. The molecule has 3 heterocycles. The summed E-state index contributed by atoms with van der Waals surface area (Å²) < 4.78 is 41.7. The molecule has 0 aliphatic carbocycles. The summed E-state index contributed by atoms with van der Waals surface area (Å²) in [4.78, 5) is 25.6. The SMILES string of the molecule is CN(C)c1nc(NC2CCN(C(=O)Cc3ccc(OC(F)(F)F)cc3)C2)nc2ccsc12. The van der Waals surface area contributed by atoms with Crippen LogP contribution in [0.3, 0.4) is 0 Å². The quantitative estimate of drug-likeness (QED) is 0.595. The Morgan fingerprint density at radius 3 is 2.69 bits per heavy atom. The average molecular weight is 466 g/mol. The number of amides is 1. The lowest BCUT2D eigenvalue weighted by atomic mass is 10.1. The molecule has 11 heteroatoms. The van der Waals surface area contributed by atoms with Gasteiger partial charge in [-0.1, -0.05) is 12.1 Å².